The van der Waals surface area contributed by atoms with Crippen LogP contribution in [-0.4, -0.2) is 19.8 Å². The second-order valence-electron chi connectivity index (χ2n) is 4.10. The smallest absolute Gasteiger partial charge is 0.167 e. The predicted octanol–water partition coefficient (Wildman–Crippen LogP) is 2.38. The van der Waals surface area contributed by atoms with E-state index in [1.807, 2.05) is 18.2 Å². The molecule has 0 radical (unpaired) electrons. The average molecular weight is 268 g/mol. The van der Waals surface area contributed by atoms with Crippen LogP contribution in [-0.2, 0) is 6.54 Å². The molecule has 2 rings (SSSR count). The molecule has 3 nitrogen and oxygen atoms in total. The van der Waals surface area contributed by atoms with Gasteiger partial charge in [-0.2, -0.15) is 0 Å². The Morgan fingerprint density at radius 3 is 2.83 bits per heavy atom. The number of benzene rings is 1. The zero-order chi connectivity index (χ0) is 12.1. The molecule has 0 amide bonds. The molecule has 0 unspecified atom stereocenters. The van der Waals surface area contributed by atoms with Crippen LogP contribution in [0.1, 0.15) is 18.4 Å². The average Bonchev–Trinajstić information content (AvgIpc) is 3.18. The molecule has 4 heteroatoms. The van der Waals surface area contributed by atoms with Gasteiger partial charge in [-0.3, -0.25) is 0 Å². The van der Waals surface area contributed by atoms with Gasteiger partial charge in [0.15, 0.2) is 11.5 Å². The van der Waals surface area contributed by atoms with Crippen LogP contribution in [0.2, 0.25) is 0 Å². The Balaban J connectivity index is 0.00000162. The highest BCUT2D eigenvalue weighted by molar-refractivity contribution is 5.85. The van der Waals surface area contributed by atoms with E-state index >= 15 is 0 Å². The van der Waals surface area contributed by atoms with Crippen LogP contribution < -0.4 is 14.8 Å². The maximum Gasteiger partial charge on any atom is 0.167 e. The van der Waals surface area contributed by atoms with E-state index in [-0.39, 0.29) is 19.0 Å². The first-order chi connectivity index (χ1) is 8.35. The van der Waals surface area contributed by atoms with Crippen LogP contribution in [0, 0.1) is 12.3 Å². The molecule has 0 heterocycles. The molecule has 1 saturated carbocycles. The molecule has 1 aromatic carbocycles. The maximum absolute atomic E-state index is 5.56. The van der Waals surface area contributed by atoms with E-state index in [4.69, 9.17) is 15.9 Å². The number of para-hydroxylation sites is 1. The fraction of sp³-hybridized carbons (Fsp3) is 0.429. The lowest BCUT2D eigenvalue weighted by Gasteiger charge is -2.14. The molecule has 98 valence electrons. The predicted molar refractivity (Wildman–Crippen MR) is 74.4 cm³/mol. The summed E-state index contributed by atoms with van der Waals surface area (Å²) in [4.78, 5) is 0. The Morgan fingerprint density at radius 2 is 2.22 bits per heavy atom. The molecule has 0 aliphatic heterocycles. The summed E-state index contributed by atoms with van der Waals surface area (Å²) >= 11 is 0. The first-order valence-corrected chi connectivity index (χ1v) is 5.80. The third-order valence-corrected chi connectivity index (χ3v) is 2.74. The molecule has 1 fully saturated rings. The molecule has 0 atom stereocenters. The number of ether oxygens (including phenoxy) is 2. The van der Waals surface area contributed by atoms with Crippen molar-refractivity contribution in [2.75, 3.05) is 13.7 Å². The van der Waals surface area contributed by atoms with Gasteiger partial charge < -0.3 is 14.8 Å². The summed E-state index contributed by atoms with van der Waals surface area (Å²) in [6, 6.07) is 6.54. The summed E-state index contributed by atoms with van der Waals surface area (Å²) in [5, 5.41) is 3.45. The molecule has 18 heavy (non-hydrogen) atoms. The van der Waals surface area contributed by atoms with Crippen LogP contribution in [0.4, 0.5) is 0 Å². The Labute approximate surface area is 114 Å². The summed E-state index contributed by atoms with van der Waals surface area (Å²) in [6.07, 6.45) is 7.76. The van der Waals surface area contributed by atoms with Crippen molar-refractivity contribution in [2.24, 2.45) is 0 Å². The van der Waals surface area contributed by atoms with Crippen molar-refractivity contribution in [3.8, 4) is 23.8 Å². The number of hydrogen-bond donors (Lipinski definition) is 1. The summed E-state index contributed by atoms with van der Waals surface area (Å²) in [5.74, 6) is 3.96. The van der Waals surface area contributed by atoms with Crippen molar-refractivity contribution < 1.29 is 9.47 Å². The molecule has 0 spiro atoms. The van der Waals surface area contributed by atoms with Gasteiger partial charge in [-0.1, -0.05) is 18.1 Å². The highest BCUT2D eigenvalue weighted by Gasteiger charge is 2.21. The van der Waals surface area contributed by atoms with Crippen molar-refractivity contribution in [3.63, 3.8) is 0 Å². The van der Waals surface area contributed by atoms with Crippen molar-refractivity contribution >= 4 is 12.4 Å². The Kier molecular flexibility index (Phi) is 5.84. The second-order valence-corrected chi connectivity index (χ2v) is 4.10. The molecule has 1 N–H and O–H groups in total. The minimum absolute atomic E-state index is 0. The van der Waals surface area contributed by atoms with Gasteiger partial charge in [0.25, 0.3) is 0 Å². The Bertz CT molecular complexity index is 424. The zero-order valence-corrected chi connectivity index (χ0v) is 11.3. The zero-order valence-electron chi connectivity index (χ0n) is 10.4. The van der Waals surface area contributed by atoms with Crippen molar-refractivity contribution in [1.29, 1.82) is 0 Å². The van der Waals surface area contributed by atoms with Gasteiger partial charge in [-0.25, -0.2) is 0 Å². The van der Waals surface area contributed by atoms with E-state index in [1.54, 1.807) is 7.11 Å². The standard InChI is InChI=1S/C14H17NO2.ClH/c1-3-9-17-14-11(10-15-12-7-8-12)5-4-6-13(14)16-2;/h1,4-6,12,15H,7-10H2,2H3;1H. The van der Waals surface area contributed by atoms with E-state index in [2.05, 4.69) is 11.2 Å². The molecule has 0 saturated heterocycles. The summed E-state index contributed by atoms with van der Waals surface area (Å²) in [6.45, 7) is 1.05. The van der Waals surface area contributed by atoms with Crippen LogP contribution in [0.5, 0.6) is 11.5 Å². The summed E-state index contributed by atoms with van der Waals surface area (Å²) in [5.41, 5.74) is 1.09. The van der Waals surface area contributed by atoms with Gasteiger partial charge in [0.1, 0.15) is 6.61 Å². The number of terminal acetylenes is 1. The minimum atomic E-state index is 0. The van der Waals surface area contributed by atoms with Gasteiger partial charge in [0.2, 0.25) is 0 Å². The minimum Gasteiger partial charge on any atom is -0.493 e. The van der Waals surface area contributed by atoms with E-state index in [0.717, 1.165) is 23.6 Å². The first kappa shape index (κ1) is 14.7. The molecule has 0 aromatic heterocycles. The quantitative estimate of drug-likeness (QED) is 0.803. The molecule has 1 aliphatic rings. The van der Waals surface area contributed by atoms with Crippen molar-refractivity contribution in [1.82, 2.24) is 5.32 Å². The number of hydrogen-bond acceptors (Lipinski definition) is 3. The molecular formula is C14H18ClNO2. The van der Waals surface area contributed by atoms with E-state index in [1.165, 1.54) is 12.8 Å². The van der Waals surface area contributed by atoms with Crippen LogP contribution in [0.25, 0.3) is 0 Å². The Hall–Kier alpha value is -1.37. The van der Waals surface area contributed by atoms with Crippen LogP contribution in [0.15, 0.2) is 18.2 Å². The number of rotatable bonds is 6. The van der Waals surface area contributed by atoms with Gasteiger partial charge in [0, 0.05) is 18.2 Å². The van der Waals surface area contributed by atoms with E-state index in [0.29, 0.717) is 6.04 Å². The van der Waals surface area contributed by atoms with Gasteiger partial charge in [-0.15, -0.1) is 18.8 Å². The van der Waals surface area contributed by atoms with E-state index in [9.17, 15) is 0 Å². The molecule has 1 aromatic rings. The normalized spacial score (nSPS) is 13.3. The fourth-order valence-corrected chi connectivity index (χ4v) is 1.68. The molecule has 1 aliphatic carbocycles. The highest BCUT2D eigenvalue weighted by atomic mass is 35.5. The number of halogens is 1. The van der Waals surface area contributed by atoms with Crippen LogP contribution in [0.3, 0.4) is 0 Å². The van der Waals surface area contributed by atoms with Crippen molar-refractivity contribution in [3.05, 3.63) is 23.8 Å². The fourth-order valence-electron chi connectivity index (χ4n) is 1.68. The largest absolute Gasteiger partial charge is 0.493 e. The summed E-state index contributed by atoms with van der Waals surface area (Å²) < 4.78 is 10.8. The second kappa shape index (κ2) is 7.15. The SMILES string of the molecule is C#CCOc1c(CNC2CC2)cccc1OC.Cl. The lowest BCUT2D eigenvalue weighted by molar-refractivity contribution is 0.326. The number of methoxy groups -OCH3 is 1. The number of nitrogens with one attached hydrogen (secondary N) is 1. The lowest BCUT2D eigenvalue weighted by Crippen LogP contribution is -2.16. The third kappa shape index (κ3) is 3.83. The topological polar surface area (TPSA) is 30.5 Å². The highest BCUT2D eigenvalue weighted by Crippen LogP contribution is 2.31. The first-order valence-electron chi connectivity index (χ1n) is 5.80. The van der Waals surface area contributed by atoms with Gasteiger partial charge in [0.05, 0.1) is 7.11 Å². The van der Waals surface area contributed by atoms with Gasteiger partial charge in [-0.05, 0) is 18.9 Å². The third-order valence-electron chi connectivity index (χ3n) is 2.74. The van der Waals surface area contributed by atoms with E-state index < -0.39 is 0 Å². The van der Waals surface area contributed by atoms with Gasteiger partial charge >= 0.3 is 0 Å². The molecular weight excluding hydrogens is 250 g/mol. The monoisotopic (exact) mass is 267 g/mol. The van der Waals surface area contributed by atoms with Crippen molar-refractivity contribution in [2.45, 2.75) is 25.4 Å². The Morgan fingerprint density at radius 1 is 1.44 bits per heavy atom. The van der Waals surface area contributed by atoms with Crippen LogP contribution >= 0.6 is 12.4 Å². The maximum atomic E-state index is 5.56. The lowest BCUT2D eigenvalue weighted by atomic mass is 10.2. The molecule has 0 bridgehead atoms. The summed E-state index contributed by atoms with van der Waals surface area (Å²) in [7, 11) is 1.64.